The van der Waals surface area contributed by atoms with Gasteiger partial charge in [-0.15, -0.1) is 0 Å². The second kappa shape index (κ2) is 9.94. The lowest BCUT2D eigenvalue weighted by atomic mass is 9.67. The Balaban J connectivity index is 1.48. The Morgan fingerprint density at radius 1 is 0.512 bits per heavy atom. The highest BCUT2D eigenvalue weighted by Gasteiger charge is 2.46. The molecular formula is C41H26N2. The van der Waals surface area contributed by atoms with Crippen molar-refractivity contribution in [3.05, 3.63) is 186 Å². The molecule has 0 unspecified atom stereocenters. The average Bonchev–Trinajstić information content (AvgIpc) is 3.40. The summed E-state index contributed by atoms with van der Waals surface area (Å²) in [6, 6.07) is 56.3. The summed E-state index contributed by atoms with van der Waals surface area (Å²) in [5.41, 5.74) is 11.9. The number of nitrogens with zero attached hydrogens (tertiary/aromatic N) is 2. The molecule has 0 amide bonds. The maximum absolute atomic E-state index is 9.48. The molecule has 2 heteroatoms. The zero-order valence-electron chi connectivity index (χ0n) is 23.4. The van der Waals surface area contributed by atoms with Gasteiger partial charge in [-0.3, -0.25) is 4.98 Å². The topological polar surface area (TPSA) is 36.7 Å². The van der Waals surface area contributed by atoms with Crippen molar-refractivity contribution in [3.8, 4) is 39.6 Å². The molecular weight excluding hydrogens is 520 g/mol. The van der Waals surface area contributed by atoms with Crippen LogP contribution < -0.4 is 0 Å². The molecule has 0 saturated carbocycles. The van der Waals surface area contributed by atoms with E-state index in [1.54, 1.807) is 12.3 Å². The number of rotatable bonds is 4. The van der Waals surface area contributed by atoms with Crippen molar-refractivity contribution in [2.75, 3.05) is 0 Å². The van der Waals surface area contributed by atoms with E-state index in [9.17, 15) is 5.26 Å². The van der Waals surface area contributed by atoms with Gasteiger partial charge < -0.3 is 0 Å². The first-order valence-corrected chi connectivity index (χ1v) is 14.5. The van der Waals surface area contributed by atoms with E-state index >= 15 is 0 Å². The summed E-state index contributed by atoms with van der Waals surface area (Å²) in [6.45, 7) is 0. The van der Waals surface area contributed by atoms with Crippen molar-refractivity contribution in [1.82, 2.24) is 4.98 Å². The highest BCUT2D eigenvalue weighted by Crippen LogP contribution is 2.58. The highest BCUT2D eigenvalue weighted by molar-refractivity contribution is 6.10. The summed E-state index contributed by atoms with van der Waals surface area (Å²) >= 11 is 0. The maximum atomic E-state index is 9.48. The molecule has 6 aromatic carbocycles. The third kappa shape index (κ3) is 3.76. The van der Waals surface area contributed by atoms with E-state index in [0.29, 0.717) is 5.56 Å². The fourth-order valence-corrected chi connectivity index (χ4v) is 7.04. The van der Waals surface area contributed by atoms with Gasteiger partial charge in [-0.05, 0) is 79.5 Å². The Kier molecular flexibility index (Phi) is 5.77. The van der Waals surface area contributed by atoms with Crippen LogP contribution in [0.3, 0.4) is 0 Å². The largest absolute Gasteiger partial charge is 0.256 e. The Bertz CT molecular complexity index is 2150. The molecule has 43 heavy (non-hydrogen) atoms. The van der Waals surface area contributed by atoms with Gasteiger partial charge in [0.1, 0.15) is 0 Å². The lowest BCUT2D eigenvalue weighted by Crippen LogP contribution is -2.28. The number of hydrogen-bond acceptors (Lipinski definition) is 2. The molecule has 8 rings (SSSR count). The molecule has 0 radical (unpaired) electrons. The minimum atomic E-state index is -0.479. The number of benzene rings is 6. The van der Waals surface area contributed by atoms with Gasteiger partial charge in [0.25, 0.3) is 0 Å². The highest BCUT2D eigenvalue weighted by atomic mass is 14.7. The molecule has 1 aliphatic carbocycles. The van der Waals surface area contributed by atoms with Crippen LogP contribution in [0.2, 0.25) is 0 Å². The fraction of sp³-hybridized carbons (Fsp3) is 0.0244. The van der Waals surface area contributed by atoms with Crippen LogP contribution in [0.15, 0.2) is 158 Å². The second-order valence-corrected chi connectivity index (χ2v) is 11.0. The molecule has 200 valence electrons. The summed E-state index contributed by atoms with van der Waals surface area (Å²) in [4.78, 5) is 4.59. The van der Waals surface area contributed by atoms with Crippen LogP contribution in [0.5, 0.6) is 0 Å². The molecule has 0 saturated heterocycles. The van der Waals surface area contributed by atoms with Crippen LogP contribution in [0.1, 0.15) is 27.8 Å². The van der Waals surface area contributed by atoms with Crippen LogP contribution in [0.4, 0.5) is 0 Å². The lowest BCUT2D eigenvalue weighted by molar-refractivity contribution is 0.769. The minimum absolute atomic E-state index is 0.479. The maximum Gasteiger partial charge on any atom is 0.0992 e. The average molecular weight is 547 g/mol. The molecule has 0 aliphatic heterocycles. The summed E-state index contributed by atoms with van der Waals surface area (Å²) in [6.07, 6.45) is 1.71. The normalized spacial score (nSPS) is 12.8. The zero-order valence-corrected chi connectivity index (χ0v) is 23.4. The smallest absolute Gasteiger partial charge is 0.0992 e. The molecule has 7 aromatic rings. The van der Waals surface area contributed by atoms with Gasteiger partial charge >= 0.3 is 0 Å². The Hall–Kier alpha value is -5.78. The van der Waals surface area contributed by atoms with Gasteiger partial charge in [0.05, 0.1) is 22.7 Å². The quantitative estimate of drug-likeness (QED) is 0.220. The first-order chi connectivity index (χ1) is 21.3. The standard InChI is InChI=1S/C41H26N2/c42-27-28-22-23-43-39(24-28)30-13-11-12-29(25-30)36-26-38-40(34-19-8-7-18-33(34)36)35-20-9-10-21-37(35)41(38,31-14-3-1-4-15-31)32-16-5-2-6-17-32/h1-26H. The molecule has 1 heterocycles. The zero-order chi connectivity index (χ0) is 28.8. The minimum Gasteiger partial charge on any atom is -0.256 e. The van der Waals surface area contributed by atoms with E-state index < -0.39 is 5.41 Å². The molecule has 0 bridgehead atoms. The molecule has 0 spiro atoms. The summed E-state index contributed by atoms with van der Waals surface area (Å²) in [7, 11) is 0. The van der Waals surface area contributed by atoms with E-state index in [-0.39, 0.29) is 0 Å². The fourth-order valence-electron chi connectivity index (χ4n) is 7.04. The van der Waals surface area contributed by atoms with Gasteiger partial charge in [-0.25, -0.2) is 0 Å². The molecule has 1 aliphatic rings. The first-order valence-electron chi connectivity index (χ1n) is 14.5. The number of aromatic nitrogens is 1. The molecule has 1 aromatic heterocycles. The molecule has 0 atom stereocenters. The van der Waals surface area contributed by atoms with E-state index in [4.69, 9.17) is 0 Å². The van der Waals surface area contributed by atoms with Gasteiger partial charge in [0.2, 0.25) is 0 Å². The molecule has 2 nitrogen and oxygen atoms in total. The van der Waals surface area contributed by atoms with Crippen molar-refractivity contribution in [1.29, 1.82) is 5.26 Å². The summed E-state index contributed by atoms with van der Waals surface area (Å²) < 4.78 is 0. The summed E-state index contributed by atoms with van der Waals surface area (Å²) in [5.74, 6) is 0. The van der Waals surface area contributed by atoms with Gasteiger partial charge in [-0.1, -0.05) is 127 Å². The molecule has 0 N–H and O–H groups in total. The second-order valence-electron chi connectivity index (χ2n) is 11.0. The SMILES string of the molecule is N#Cc1ccnc(-c2cccc(-c3cc4c(c5ccccc35)-c3ccccc3C4(c3ccccc3)c3ccccc3)c2)c1. The van der Waals surface area contributed by atoms with Crippen molar-refractivity contribution >= 4 is 10.8 Å². The van der Waals surface area contributed by atoms with E-state index in [1.807, 2.05) is 6.07 Å². The number of hydrogen-bond donors (Lipinski definition) is 0. The van der Waals surface area contributed by atoms with Crippen molar-refractivity contribution < 1.29 is 0 Å². The van der Waals surface area contributed by atoms with Crippen molar-refractivity contribution in [2.45, 2.75) is 5.41 Å². The predicted octanol–water partition coefficient (Wildman–Crippen LogP) is 9.80. The van der Waals surface area contributed by atoms with Gasteiger partial charge in [0.15, 0.2) is 0 Å². The van der Waals surface area contributed by atoms with Crippen molar-refractivity contribution in [3.63, 3.8) is 0 Å². The van der Waals surface area contributed by atoms with Crippen LogP contribution in [0.25, 0.3) is 44.3 Å². The van der Waals surface area contributed by atoms with Crippen LogP contribution in [-0.2, 0) is 5.41 Å². The van der Waals surface area contributed by atoms with Crippen LogP contribution in [-0.4, -0.2) is 4.98 Å². The molecule has 0 fully saturated rings. The van der Waals surface area contributed by atoms with Gasteiger partial charge in [-0.2, -0.15) is 5.26 Å². The number of pyridine rings is 1. The monoisotopic (exact) mass is 546 g/mol. The first kappa shape index (κ1) is 25.0. The number of nitriles is 1. The van der Waals surface area contributed by atoms with Crippen molar-refractivity contribution in [2.24, 2.45) is 0 Å². The Morgan fingerprint density at radius 3 is 1.91 bits per heavy atom. The lowest BCUT2D eigenvalue weighted by Gasteiger charge is -2.34. The van der Waals surface area contributed by atoms with E-state index in [0.717, 1.165) is 16.8 Å². The third-order valence-corrected chi connectivity index (χ3v) is 8.82. The Morgan fingerprint density at radius 2 is 1.16 bits per heavy atom. The van der Waals surface area contributed by atoms with E-state index in [1.165, 1.54) is 49.7 Å². The number of fused-ring (bicyclic) bond motifs is 5. The summed E-state index contributed by atoms with van der Waals surface area (Å²) in [5, 5.41) is 11.9. The van der Waals surface area contributed by atoms with Gasteiger partial charge in [0, 0.05) is 11.8 Å². The Labute approximate surface area is 251 Å². The third-order valence-electron chi connectivity index (χ3n) is 8.82. The van der Waals surface area contributed by atoms with Crippen LogP contribution >= 0.6 is 0 Å². The van der Waals surface area contributed by atoms with E-state index in [2.05, 4.69) is 151 Å². The predicted molar refractivity (Wildman–Crippen MR) is 175 cm³/mol. The van der Waals surface area contributed by atoms with Crippen LogP contribution in [0, 0.1) is 11.3 Å².